The molecule has 0 aliphatic carbocycles. The van der Waals surface area contributed by atoms with Gasteiger partial charge in [0.15, 0.2) is 0 Å². The minimum atomic E-state index is -0.404. The maximum atomic E-state index is 11.0. The highest BCUT2D eigenvalue weighted by Gasteiger charge is 2.12. The van der Waals surface area contributed by atoms with Crippen LogP contribution in [0.25, 0.3) is 22.3 Å². The normalized spacial score (nSPS) is 10.8. The van der Waals surface area contributed by atoms with E-state index in [1.165, 1.54) is 18.5 Å². The van der Waals surface area contributed by atoms with E-state index < -0.39 is 4.92 Å². The van der Waals surface area contributed by atoms with Gasteiger partial charge in [-0.05, 0) is 11.6 Å². The monoisotopic (exact) mass is 345 g/mol. The van der Waals surface area contributed by atoms with E-state index in [-0.39, 0.29) is 5.69 Å². The van der Waals surface area contributed by atoms with Crippen LogP contribution in [0.2, 0.25) is 0 Å². The third-order valence-electron chi connectivity index (χ3n) is 4.10. The molecule has 2 N–H and O–H groups in total. The van der Waals surface area contributed by atoms with Crippen molar-refractivity contribution in [2.24, 2.45) is 0 Å². The van der Waals surface area contributed by atoms with Gasteiger partial charge in [0, 0.05) is 29.9 Å². The molecule has 2 heterocycles. The van der Waals surface area contributed by atoms with E-state index in [1.54, 1.807) is 6.07 Å². The molecule has 0 unspecified atom stereocenters. The number of H-pyrrole nitrogens is 1. The van der Waals surface area contributed by atoms with Gasteiger partial charge in [0.2, 0.25) is 0 Å². The van der Waals surface area contributed by atoms with Crippen LogP contribution in [0.4, 0.5) is 11.5 Å². The summed E-state index contributed by atoms with van der Waals surface area (Å²) in [6.45, 7) is 0.643. The van der Waals surface area contributed by atoms with E-state index in [2.05, 4.69) is 20.3 Å². The first-order valence-electron chi connectivity index (χ1n) is 8.07. The quantitative estimate of drug-likeness (QED) is 0.418. The van der Waals surface area contributed by atoms with E-state index in [1.807, 2.05) is 42.5 Å². The fourth-order valence-corrected chi connectivity index (χ4v) is 2.80. The van der Waals surface area contributed by atoms with Crippen LogP contribution < -0.4 is 5.32 Å². The van der Waals surface area contributed by atoms with Gasteiger partial charge in [0.25, 0.3) is 5.69 Å². The Labute approximate surface area is 148 Å². The molecule has 0 radical (unpaired) electrons. The molecule has 26 heavy (non-hydrogen) atoms. The molecular weight excluding hydrogens is 330 g/mol. The number of benzene rings is 2. The van der Waals surface area contributed by atoms with Crippen molar-refractivity contribution < 1.29 is 4.92 Å². The molecule has 2 aromatic carbocycles. The van der Waals surface area contributed by atoms with Crippen LogP contribution in [0.15, 0.2) is 67.0 Å². The molecule has 0 amide bonds. The van der Waals surface area contributed by atoms with Gasteiger partial charge < -0.3 is 10.3 Å². The number of aromatic nitrogens is 3. The molecule has 0 bridgehead atoms. The highest BCUT2D eigenvalue weighted by atomic mass is 16.6. The third kappa shape index (κ3) is 3.10. The lowest BCUT2D eigenvalue weighted by Crippen LogP contribution is -2.01. The number of rotatable bonds is 5. The zero-order valence-corrected chi connectivity index (χ0v) is 13.7. The first-order chi connectivity index (χ1) is 12.7. The first kappa shape index (κ1) is 15.8. The van der Waals surface area contributed by atoms with Gasteiger partial charge in [-0.2, -0.15) is 0 Å². The van der Waals surface area contributed by atoms with Gasteiger partial charge >= 0.3 is 0 Å². The molecule has 0 saturated carbocycles. The number of hydrogen-bond donors (Lipinski definition) is 2. The summed E-state index contributed by atoms with van der Waals surface area (Å²) < 4.78 is 0. The van der Waals surface area contributed by atoms with Crippen molar-refractivity contribution in [3.63, 3.8) is 0 Å². The molecule has 0 aliphatic heterocycles. The second-order valence-electron chi connectivity index (χ2n) is 5.81. The summed E-state index contributed by atoms with van der Waals surface area (Å²) in [5, 5.41) is 15.2. The maximum Gasteiger partial charge on any atom is 0.270 e. The SMILES string of the molecule is O=[N+]([O-])c1cccc(-c2cc3c(NCc4ccccc4)ncnc3[nH]2)c1. The lowest BCUT2D eigenvalue weighted by molar-refractivity contribution is -0.384. The standard InChI is InChI=1S/C19H15N5O2/c25-24(26)15-8-4-7-14(9-15)17-10-16-18(21-12-22-19(16)23-17)20-11-13-5-2-1-3-6-13/h1-10,12H,11H2,(H2,20,21,22,23). The van der Waals surface area contributed by atoms with Crippen LogP contribution >= 0.6 is 0 Å². The fraction of sp³-hybridized carbons (Fsp3) is 0.0526. The molecule has 0 aliphatic rings. The van der Waals surface area contributed by atoms with Gasteiger partial charge in [-0.1, -0.05) is 42.5 Å². The number of fused-ring (bicyclic) bond motifs is 1. The number of hydrogen-bond acceptors (Lipinski definition) is 5. The van der Waals surface area contributed by atoms with Crippen molar-refractivity contribution in [3.05, 3.63) is 82.7 Å². The summed E-state index contributed by atoms with van der Waals surface area (Å²) in [6, 6.07) is 18.4. The number of nitrogens with zero attached hydrogens (tertiary/aromatic N) is 3. The van der Waals surface area contributed by atoms with Gasteiger partial charge in [-0.25, -0.2) is 9.97 Å². The summed E-state index contributed by atoms with van der Waals surface area (Å²) in [5.74, 6) is 0.715. The second kappa shape index (κ2) is 6.64. The molecule has 2 aromatic heterocycles. The van der Waals surface area contributed by atoms with Crippen molar-refractivity contribution in [2.45, 2.75) is 6.54 Å². The zero-order chi connectivity index (χ0) is 17.9. The van der Waals surface area contributed by atoms with Gasteiger partial charge in [0.05, 0.1) is 10.3 Å². The minimum Gasteiger partial charge on any atom is -0.365 e. The Hall–Kier alpha value is -3.74. The summed E-state index contributed by atoms with van der Waals surface area (Å²) in [4.78, 5) is 22.4. The number of nitro benzene ring substituents is 1. The van der Waals surface area contributed by atoms with Crippen LogP contribution in [0.3, 0.4) is 0 Å². The zero-order valence-electron chi connectivity index (χ0n) is 13.7. The Morgan fingerprint density at radius 3 is 2.69 bits per heavy atom. The van der Waals surface area contributed by atoms with Crippen LogP contribution in [0, 0.1) is 10.1 Å². The number of nitro groups is 1. The van der Waals surface area contributed by atoms with E-state index in [9.17, 15) is 10.1 Å². The first-order valence-corrected chi connectivity index (χ1v) is 8.07. The van der Waals surface area contributed by atoms with E-state index >= 15 is 0 Å². The average molecular weight is 345 g/mol. The van der Waals surface area contributed by atoms with Crippen molar-refractivity contribution in [2.75, 3.05) is 5.32 Å². The molecule has 0 fully saturated rings. The summed E-state index contributed by atoms with van der Waals surface area (Å²) >= 11 is 0. The average Bonchev–Trinajstić information content (AvgIpc) is 3.12. The Balaban J connectivity index is 1.67. The molecule has 0 atom stereocenters. The van der Waals surface area contributed by atoms with Crippen molar-refractivity contribution >= 4 is 22.5 Å². The van der Waals surface area contributed by atoms with Crippen LogP contribution in [0.1, 0.15) is 5.56 Å². The predicted octanol–water partition coefficient (Wildman–Crippen LogP) is 4.15. The lowest BCUT2D eigenvalue weighted by atomic mass is 10.1. The number of non-ortho nitro benzene ring substituents is 1. The van der Waals surface area contributed by atoms with E-state index in [4.69, 9.17) is 0 Å². The second-order valence-corrected chi connectivity index (χ2v) is 5.81. The van der Waals surface area contributed by atoms with Crippen molar-refractivity contribution in [3.8, 4) is 11.3 Å². The Kier molecular flexibility index (Phi) is 4.03. The van der Waals surface area contributed by atoms with Crippen LogP contribution in [-0.2, 0) is 6.54 Å². The summed E-state index contributed by atoms with van der Waals surface area (Å²) in [6.07, 6.45) is 1.49. The molecule has 128 valence electrons. The number of nitrogens with one attached hydrogen (secondary N) is 2. The highest BCUT2D eigenvalue weighted by molar-refractivity contribution is 5.91. The van der Waals surface area contributed by atoms with E-state index in [0.29, 0.717) is 18.0 Å². The Morgan fingerprint density at radius 1 is 1.04 bits per heavy atom. The van der Waals surface area contributed by atoms with Crippen LogP contribution in [0.5, 0.6) is 0 Å². The fourth-order valence-electron chi connectivity index (χ4n) is 2.80. The van der Waals surface area contributed by atoms with Crippen molar-refractivity contribution in [1.82, 2.24) is 15.0 Å². The molecule has 0 saturated heterocycles. The summed E-state index contributed by atoms with van der Waals surface area (Å²) in [7, 11) is 0. The largest absolute Gasteiger partial charge is 0.365 e. The number of anilines is 1. The number of aromatic amines is 1. The molecule has 7 nitrogen and oxygen atoms in total. The maximum absolute atomic E-state index is 11.0. The molecule has 0 spiro atoms. The van der Waals surface area contributed by atoms with Gasteiger partial charge in [-0.3, -0.25) is 10.1 Å². The highest BCUT2D eigenvalue weighted by Crippen LogP contribution is 2.28. The Morgan fingerprint density at radius 2 is 1.88 bits per heavy atom. The van der Waals surface area contributed by atoms with Gasteiger partial charge in [0.1, 0.15) is 17.8 Å². The Bertz CT molecular complexity index is 1080. The predicted molar refractivity (Wildman–Crippen MR) is 99.7 cm³/mol. The summed E-state index contributed by atoms with van der Waals surface area (Å²) in [5.41, 5.74) is 3.36. The molecular formula is C19H15N5O2. The topological polar surface area (TPSA) is 96.7 Å². The third-order valence-corrected chi connectivity index (χ3v) is 4.10. The molecule has 4 aromatic rings. The minimum absolute atomic E-state index is 0.0506. The van der Waals surface area contributed by atoms with Gasteiger partial charge in [-0.15, -0.1) is 0 Å². The molecule has 7 heteroatoms. The van der Waals surface area contributed by atoms with E-state index in [0.717, 1.165) is 22.2 Å². The smallest absolute Gasteiger partial charge is 0.270 e. The van der Waals surface area contributed by atoms with Crippen molar-refractivity contribution in [1.29, 1.82) is 0 Å². The van der Waals surface area contributed by atoms with Crippen LogP contribution in [-0.4, -0.2) is 19.9 Å². The lowest BCUT2D eigenvalue weighted by Gasteiger charge is -2.06. The molecule has 4 rings (SSSR count).